The lowest BCUT2D eigenvalue weighted by atomic mass is 10.2. The van der Waals surface area contributed by atoms with Crippen LogP contribution in [0.5, 0.6) is 0 Å². The Morgan fingerprint density at radius 2 is 1.92 bits per heavy atom. The second-order valence-electron chi connectivity index (χ2n) is 6.49. The number of benzene rings is 1. The molecular formula is C18H29N3O3S. The Kier molecular flexibility index (Phi) is 7.25. The van der Waals surface area contributed by atoms with Gasteiger partial charge < -0.3 is 10.2 Å². The third kappa shape index (κ3) is 6.01. The van der Waals surface area contributed by atoms with Crippen molar-refractivity contribution in [2.45, 2.75) is 33.1 Å². The second kappa shape index (κ2) is 9.20. The van der Waals surface area contributed by atoms with Gasteiger partial charge in [0.2, 0.25) is 15.9 Å². The van der Waals surface area contributed by atoms with E-state index in [4.69, 9.17) is 0 Å². The summed E-state index contributed by atoms with van der Waals surface area (Å²) in [7, 11) is -3.25. The molecule has 0 aromatic heterocycles. The summed E-state index contributed by atoms with van der Waals surface area (Å²) in [6, 6.07) is 8.28. The first-order valence-corrected chi connectivity index (χ1v) is 10.6. The van der Waals surface area contributed by atoms with Crippen LogP contribution < -0.4 is 10.2 Å². The number of sulfonamides is 1. The van der Waals surface area contributed by atoms with Crippen molar-refractivity contribution in [2.24, 2.45) is 0 Å². The molecule has 1 aromatic rings. The highest BCUT2D eigenvalue weighted by molar-refractivity contribution is 7.89. The molecule has 1 aliphatic rings. The van der Waals surface area contributed by atoms with Crippen molar-refractivity contribution in [1.29, 1.82) is 0 Å². The Hall–Kier alpha value is -1.60. The van der Waals surface area contributed by atoms with Gasteiger partial charge in [0.05, 0.1) is 5.75 Å². The first kappa shape index (κ1) is 19.7. The molecule has 0 unspecified atom stereocenters. The van der Waals surface area contributed by atoms with Gasteiger partial charge in [0.15, 0.2) is 0 Å². The van der Waals surface area contributed by atoms with Crippen molar-refractivity contribution in [1.82, 2.24) is 9.62 Å². The van der Waals surface area contributed by atoms with E-state index in [-0.39, 0.29) is 11.7 Å². The van der Waals surface area contributed by atoms with Crippen LogP contribution in [0.1, 0.15) is 31.7 Å². The van der Waals surface area contributed by atoms with Crippen LogP contribution in [0.3, 0.4) is 0 Å². The maximum atomic E-state index is 12.4. The van der Waals surface area contributed by atoms with E-state index in [9.17, 15) is 13.2 Å². The first-order valence-electron chi connectivity index (χ1n) is 8.98. The Bertz CT molecular complexity index is 668. The van der Waals surface area contributed by atoms with Gasteiger partial charge in [-0.15, -0.1) is 0 Å². The molecule has 0 aliphatic carbocycles. The highest BCUT2D eigenvalue weighted by Gasteiger charge is 2.26. The molecule has 140 valence electrons. The number of rotatable bonds is 8. The summed E-state index contributed by atoms with van der Waals surface area (Å²) < 4.78 is 26.5. The van der Waals surface area contributed by atoms with E-state index in [0.29, 0.717) is 45.6 Å². The maximum absolute atomic E-state index is 12.4. The molecule has 1 fully saturated rings. The van der Waals surface area contributed by atoms with Crippen LogP contribution in [-0.4, -0.2) is 57.1 Å². The van der Waals surface area contributed by atoms with Crippen LogP contribution in [0.2, 0.25) is 0 Å². The monoisotopic (exact) mass is 367 g/mol. The number of nitrogens with one attached hydrogen (secondary N) is 1. The van der Waals surface area contributed by atoms with E-state index in [0.717, 1.165) is 12.1 Å². The van der Waals surface area contributed by atoms with E-state index >= 15 is 0 Å². The summed E-state index contributed by atoms with van der Waals surface area (Å²) in [6.07, 6.45) is 1.75. The summed E-state index contributed by atoms with van der Waals surface area (Å²) in [6.45, 7) is 6.86. The summed E-state index contributed by atoms with van der Waals surface area (Å²) in [4.78, 5) is 13.6. The number of anilines is 1. The molecule has 25 heavy (non-hydrogen) atoms. The highest BCUT2D eigenvalue weighted by Crippen LogP contribution is 2.19. The molecule has 2 rings (SSSR count). The van der Waals surface area contributed by atoms with Crippen LogP contribution >= 0.6 is 0 Å². The molecule has 0 spiro atoms. The van der Waals surface area contributed by atoms with Crippen molar-refractivity contribution in [3.8, 4) is 0 Å². The molecule has 6 nitrogen and oxygen atoms in total. The number of amides is 1. The minimum absolute atomic E-state index is 0.00772. The lowest BCUT2D eigenvalue weighted by Crippen LogP contribution is -2.49. The average Bonchev–Trinajstić information content (AvgIpc) is 2.59. The molecule has 1 amide bonds. The fourth-order valence-corrected chi connectivity index (χ4v) is 4.46. The van der Waals surface area contributed by atoms with E-state index in [1.54, 1.807) is 4.31 Å². The molecule has 0 atom stereocenters. The van der Waals surface area contributed by atoms with E-state index < -0.39 is 10.0 Å². The molecule has 1 heterocycles. The number of aryl methyl sites for hydroxylation is 1. The van der Waals surface area contributed by atoms with Crippen molar-refractivity contribution in [3.63, 3.8) is 0 Å². The quantitative estimate of drug-likeness (QED) is 0.711. The minimum Gasteiger partial charge on any atom is -0.369 e. The number of hydrogen-bond donors (Lipinski definition) is 1. The molecule has 7 heteroatoms. The Morgan fingerprint density at radius 3 is 2.56 bits per heavy atom. The molecule has 1 aromatic carbocycles. The zero-order valence-corrected chi connectivity index (χ0v) is 16.0. The highest BCUT2D eigenvalue weighted by atomic mass is 32.2. The van der Waals surface area contributed by atoms with Crippen molar-refractivity contribution in [2.75, 3.05) is 43.4 Å². The SMILES string of the molecule is CCCC(=O)NCCCS(=O)(=O)N1CCN(c2cccc(C)c2)CC1. The third-order valence-electron chi connectivity index (χ3n) is 4.38. The van der Waals surface area contributed by atoms with E-state index in [1.165, 1.54) is 5.56 Å². The van der Waals surface area contributed by atoms with Crippen molar-refractivity contribution in [3.05, 3.63) is 29.8 Å². The van der Waals surface area contributed by atoms with Crippen LogP contribution in [-0.2, 0) is 14.8 Å². The molecule has 1 aliphatic heterocycles. The molecule has 1 saturated heterocycles. The maximum Gasteiger partial charge on any atom is 0.219 e. The Labute approximate surface area is 151 Å². The van der Waals surface area contributed by atoms with Gasteiger partial charge in [-0.2, -0.15) is 4.31 Å². The zero-order chi connectivity index (χ0) is 18.3. The summed E-state index contributed by atoms with van der Waals surface area (Å²) >= 11 is 0. The number of piperazine rings is 1. The van der Waals surface area contributed by atoms with Gasteiger partial charge in [-0.05, 0) is 37.5 Å². The van der Waals surface area contributed by atoms with Gasteiger partial charge in [0.25, 0.3) is 0 Å². The smallest absolute Gasteiger partial charge is 0.219 e. The van der Waals surface area contributed by atoms with Crippen LogP contribution in [0.4, 0.5) is 5.69 Å². The fourth-order valence-electron chi connectivity index (χ4n) is 2.98. The Balaban J connectivity index is 1.77. The normalized spacial score (nSPS) is 16.0. The fraction of sp³-hybridized carbons (Fsp3) is 0.611. The average molecular weight is 368 g/mol. The number of hydrogen-bond acceptors (Lipinski definition) is 4. The zero-order valence-electron chi connectivity index (χ0n) is 15.2. The first-order chi connectivity index (χ1) is 11.9. The van der Waals surface area contributed by atoms with Crippen LogP contribution in [0.25, 0.3) is 0 Å². The molecule has 0 saturated carbocycles. The summed E-state index contributed by atoms with van der Waals surface area (Å²) in [5.41, 5.74) is 2.35. The number of carbonyl (C=O) groups excluding carboxylic acids is 1. The van der Waals surface area contributed by atoms with Crippen molar-refractivity contribution < 1.29 is 13.2 Å². The third-order valence-corrected chi connectivity index (χ3v) is 6.33. The summed E-state index contributed by atoms with van der Waals surface area (Å²) in [5.74, 6) is 0.0794. The van der Waals surface area contributed by atoms with Gasteiger partial charge in [-0.25, -0.2) is 8.42 Å². The lowest BCUT2D eigenvalue weighted by Gasteiger charge is -2.35. The van der Waals surface area contributed by atoms with E-state index in [2.05, 4.69) is 35.3 Å². The predicted molar refractivity (Wildman–Crippen MR) is 101 cm³/mol. The van der Waals surface area contributed by atoms with Gasteiger partial charge >= 0.3 is 0 Å². The van der Waals surface area contributed by atoms with Gasteiger partial charge in [0, 0.05) is 44.8 Å². The van der Waals surface area contributed by atoms with Gasteiger partial charge in [0.1, 0.15) is 0 Å². The number of carbonyl (C=O) groups is 1. The van der Waals surface area contributed by atoms with Crippen LogP contribution in [0, 0.1) is 6.92 Å². The molecular weight excluding hydrogens is 338 g/mol. The van der Waals surface area contributed by atoms with Crippen molar-refractivity contribution >= 4 is 21.6 Å². The largest absolute Gasteiger partial charge is 0.369 e. The minimum atomic E-state index is -3.25. The summed E-state index contributed by atoms with van der Waals surface area (Å²) in [5, 5.41) is 2.76. The lowest BCUT2D eigenvalue weighted by molar-refractivity contribution is -0.121. The molecule has 1 N–H and O–H groups in total. The molecule has 0 bridgehead atoms. The topological polar surface area (TPSA) is 69.7 Å². The standard InChI is InChI=1S/C18H29N3O3S/c1-3-6-18(22)19-9-5-14-25(23,24)21-12-10-20(11-13-21)17-8-4-7-16(2)15-17/h4,7-8,15H,3,5-6,9-14H2,1-2H3,(H,19,22). The van der Waals surface area contributed by atoms with Gasteiger partial charge in [-0.1, -0.05) is 19.1 Å². The predicted octanol–water partition coefficient (Wildman–Crippen LogP) is 1.75. The Morgan fingerprint density at radius 1 is 1.20 bits per heavy atom. The van der Waals surface area contributed by atoms with Crippen LogP contribution in [0.15, 0.2) is 24.3 Å². The van der Waals surface area contributed by atoms with Gasteiger partial charge in [-0.3, -0.25) is 4.79 Å². The number of nitrogens with zero attached hydrogens (tertiary/aromatic N) is 2. The molecule has 0 radical (unpaired) electrons. The second-order valence-corrected chi connectivity index (χ2v) is 8.58. The van der Waals surface area contributed by atoms with E-state index in [1.807, 2.05) is 13.0 Å².